The second-order valence-electron chi connectivity index (χ2n) is 5.05. The van der Waals surface area contributed by atoms with Crippen LogP contribution in [-0.4, -0.2) is 25.8 Å². The number of fused-ring (bicyclic) bond motifs is 1. The first-order valence-electron chi connectivity index (χ1n) is 7.10. The van der Waals surface area contributed by atoms with Crippen molar-refractivity contribution in [3.05, 3.63) is 53.3 Å². The molecule has 4 aromatic rings. The second-order valence-corrected chi connectivity index (χ2v) is 6.94. The maximum atomic E-state index is 12.4. The van der Waals surface area contributed by atoms with Gasteiger partial charge in [0.2, 0.25) is 0 Å². The summed E-state index contributed by atoms with van der Waals surface area (Å²) in [4.78, 5) is 29.4. The number of carbonyl (C=O) groups excluding carboxylic acids is 1. The van der Waals surface area contributed by atoms with E-state index in [2.05, 4.69) is 31.3 Å². The molecule has 118 valence electrons. The van der Waals surface area contributed by atoms with Gasteiger partial charge in [0, 0.05) is 17.8 Å². The number of nitrogens with zero attached hydrogens (tertiary/aromatic N) is 4. The molecular formula is C16H11N5OS2. The van der Waals surface area contributed by atoms with Crippen molar-refractivity contribution in [3.63, 3.8) is 0 Å². The molecule has 0 spiro atoms. The van der Waals surface area contributed by atoms with Crippen LogP contribution in [0, 0.1) is 6.92 Å². The molecule has 0 saturated carbocycles. The minimum absolute atomic E-state index is 0.288. The maximum absolute atomic E-state index is 12.4. The summed E-state index contributed by atoms with van der Waals surface area (Å²) in [6.07, 6.45) is 3.29. The molecular weight excluding hydrogens is 342 g/mol. The third-order valence-corrected chi connectivity index (χ3v) is 5.03. The number of benzene rings is 1. The zero-order valence-corrected chi connectivity index (χ0v) is 14.2. The predicted octanol–water partition coefficient (Wildman–Crippen LogP) is 3.77. The topological polar surface area (TPSA) is 80.7 Å². The molecule has 0 fully saturated rings. The molecule has 4 rings (SSSR count). The van der Waals surface area contributed by atoms with Crippen LogP contribution >= 0.6 is 22.7 Å². The summed E-state index contributed by atoms with van der Waals surface area (Å²) in [5.41, 5.74) is 2.37. The predicted molar refractivity (Wildman–Crippen MR) is 95.5 cm³/mol. The van der Waals surface area contributed by atoms with Crippen molar-refractivity contribution in [2.75, 3.05) is 5.32 Å². The summed E-state index contributed by atoms with van der Waals surface area (Å²) >= 11 is 2.78. The third kappa shape index (κ3) is 2.89. The Hall–Kier alpha value is -2.71. The second kappa shape index (κ2) is 6.06. The zero-order chi connectivity index (χ0) is 16.5. The molecule has 0 radical (unpaired) electrons. The van der Waals surface area contributed by atoms with Gasteiger partial charge in [0.1, 0.15) is 5.69 Å². The number of aryl methyl sites for hydroxylation is 1. The van der Waals surface area contributed by atoms with Crippen LogP contribution in [0.25, 0.3) is 21.0 Å². The van der Waals surface area contributed by atoms with Crippen molar-refractivity contribution in [2.24, 2.45) is 0 Å². The van der Waals surface area contributed by atoms with E-state index in [0.717, 1.165) is 15.8 Å². The largest absolute Gasteiger partial charge is 0.296 e. The van der Waals surface area contributed by atoms with Crippen LogP contribution < -0.4 is 5.32 Å². The SMILES string of the molecule is Cc1ccc2nc(NC(=O)c3csc(-c4ncccn4)n3)sc2c1. The van der Waals surface area contributed by atoms with Gasteiger partial charge in [-0.25, -0.2) is 19.9 Å². The summed E-state index contributed by atoms with van der Waals surface area (Å²) < 4.78 is 1.04. The summed E-state index contributed by atoms with van der Waals surface area (Å²) in [5.74, 6) is 0.223. The Morgan fingerprint density at radius 2 is 2.00 bits per heavy atom. The van der Waals surface area contributed by atoms with E-state index in [1.54, 1.807) is 23.8 Å². The highest BCUT2D eigenvalue weighted by atomic mass is 32.1. The number of nitrogens with one attached hydrogen (secondary N) is 1. The fourth-order valence-electron chi connectivity index (χ4n) is 2.14. The van der Waals surface area contributed by atoms with Crippen molar-refractivity contribution in [2.45, 2.75) is 6.92 Å². The first kappa shape index (κ1) is 14.9. The van der Waals surface area contributed by atoms with E-state index in [1.807, 2.05) is 19.1 Å². The number of carbonyl (C=O) groups is 1. The number of aromatic nitrogens is 4. The molecule has 0 aliphatic heterocycles. The minimum Gasteiger partial charge on any atom is -0.296 e. The van der Waals surface area contributed by atoms with E-state index in [0.29, 0.717) is 21.7 Å². The normalized spacial score (nSPS) is 10.9. The average molecular weight is 353 g/mol. The minimum atomic E-state index is -0.288. The van der Waals surface area contributed by atoms with Gasteiger partial charge in [0.05, 0.1) is 10.2 Å². The van der Waals surface area contributed by atoms with Gasteiger partial charge in [-0.2, -0.15) is 0 Å². The molecule has 3 aromatic heterocycles. The van der Waals surface area contributed by atoms with Crippen LogP contribution in [0.5, 0.6) is 0 Å². The van der Waals surface area contributed by atoms with Crippen molar-refractivity contribution in [3.8, 4) is 10.8 Å². The average Bonchev–Trinajstić information content (AvgIpc) is 3.22. The van der Waals surface area contributed by atoms with Crippen LogP contribution in [0.4, 0.5) is 5.13 Å². The van der Waals surface area contributed by atoms with Crippen molar-refractivity contribution in [1.82, 2.24) is 19.9 Å². The van der Waals surface area contributed by atoms with E-state index in [1.165, 1.54) is 22.7 Å². The van der Waals surface area contributed by atoms with Gasteiger partial charge in [-0.3, -0.25) is 10.1 Å². The Morgan fingerprint density at radius 3 is 2.83 bits per heavy atom. The first-order chi connectivity index (χ1) is 11.7. The van der Waals surface area contributed by atoms with E-state index in [9.17, 15) is 4.79 Å². The van der Waals surface area contributed by atoms with E-state index >= 15 is 0 Å². The molecule has 0 unspecified atom stereocenters. The first-order valence-corrected chi connectivity index (χ1v) is 8.80. The summed E-state index contributed by atoms with van der Waals surface area (Å²) in [6, 6.07) is 7.74. The van der Waals surface area contributed by atoms with Gasteiger partial charge < -0.3 is 0 Å². The molecule has 24 heavy (non-hydrogen) atoms. The molecule has 1 N–H and O–H groups in total. The van der Waals surface area contributed by atoms with Crippen molar-refractivity contribution < 1.29 is 4.79 Å². The van der Waals surface area contributed by atoms with Crippen LogP contribution in [0.15, 0.2) is 42.0 Å². The lowest BCUT2D eigenvalue weighted by Gasteiger charge is -1.97. The molecule has 0 bridgehead atoms. The Labute approximate surface area is 145 Å². The molecule has 8 heteroatoms. The van der Waals surface area contributed by atoms with Gasteiger partial charge in [-0.15, -0.1) is 11.3 Å². The molecule has 0 atom stereocenters. The van der Waals surface area contributed by atoms with Crippen molar-refractivity contribution >= 4 is 43.9 Å². The molecule has 3 heterocycles. The van der Waals surface area contributed by atoms with E-state index in [4.69, 9.17) is 0 Å². The molecule has 6 nitrogen and oxygen atoms in total. The number of thiazole rings is 2. The van der Waals surface area contributed by atoms with Crippen LogP contribution in [0.2, 0.25) is 0 Å². The fourth-order valence-corrected chi connectivity index (χ4v) is 3.84. The standard InChI is InChI=1S/C16H11N5OS2/c1-9-3-4-10-12(7-9)24-16(20-10)21-14(22)11-8-23-15(19-11)13-17-5-2-6-18-13/h2-8H,1H3,(H,20,21,22). The molecule has 0 aliphatic rings. The van der Waals surface area contributed by atoms with Crippen LogP contribution in [0.3, 0.4) is 0 Å². The molecule has 0 saturated heterocycles. The van der Waals surface area contributed by atoms with Gasteiger partial charge in [-0.05, 0) is 30.7 Å². The lowest BCUT2D eigenvalue weighted by molar-refractivity contribution is 0.102. The summed E-state index contributed by atoms with van der Waals surface area (Å²) in [5, 5.41) is 5.67. The van der Waals surface area contributed by atoms with Gasteiger partial charge in [0.15, 0.2) is 16.0 Å². The number of rotatable bonds is 3. The summed E-state index contributed by atoms with van der Waals surface area (Å²) in [7, 11) is 0. The Balaban J connectivity index is 1.56. The highest BCUT2D eigenvalue weighted by molar-refractivity contribution is 7.22. The van der Waals surface area contributed by atoms with Gasteiger partial charge >= 0.3 is 0 Å². The number of amides is 1. The molecule has 1 amide bonds. The third-order valence-electron chi connectivity index (χ3n) is 3.26. The fraction of sp³-hybridized carbons (Fsp3) is 0.0625. The van der Waals surface area contributed by atoms with Crippen LogP contribution in [-0.2, 0) is 0 Å². The number of hydrogen-bond acceptors (Lipinski definition) is 7. The zero-order valence-electron chi connectivity index (χ0n) is 12.6. The molecule has 0 aliphatic carbocycles. The van der Waals surface area contributed by atoms with Crippen molar-refractivity contribution in [1.29, 1.82) is 0 Å². The molecule has 1 aromatic carbocycles. The lowest BCUT2D eigenvalue weighted by atomic mass is 10.2. The quantitative estimate of drug-likeness (QED) is 0.606. The van der Waals surface area contributed by atoms with Crippen LogP contribution in [0.1, 0.15) is 16.1 Å². The van der Waals surface area contributed by atoms with Gasteiger partial charge in [-0.1, -0.05) is 17.4 Å². The smallest absolute Gasteiger partial charge is 0.276 e. The van der Waals surface area contributed by atoms with E-state index in [-0.39, 0.29) is 5.91 Å². The summed E-state index contributed by atoms with van der Waals surface area (Å²) in [6.45, 7) is 2.03. The highest BCUT2D eigenvalue weighted by Crippen LogP contribution is 2.27. The highest BCUT2D eigenvalue weighted by Gasteiger charge is 2.15. The lowest BCUT2D eigenvalue weighted by Crippen LogP contribution is -2.12. The van der Waals surface area contributed by atoms with Gasteiger partial charge in [0.25, 0.3) is 5.91 Å². The monoisotopic (exact) mass is 353 g/mol. The number of anilines is 1. The maximum Gasteiger partial charge on any atom is 0.276 e. The van der Waals surface area contributed by atoms with E-state index < -0.39 is 0 Å². The Bertz CT molecular complexity index is 1030. The number of hydrogen-bond donors (Lipinski definition) is 1. The Kier molecular flexibility index (Phi) is 3.75. The Morgan fingerprint density at radius 1 is 1.17 bits per heavy atom.